The van der Waals surface area contributed by atoms with Crippen LogP contribution in [0.1, 0.15) is 40.0 Å². The summed E-state index contributed by atoms with van der Waals surface area (Å²) in [6, 6.07) is 0. The number of hydrogen-bond donors (Lipinski definition) is 1. The molecule has 0 aliphatic rings. The topological polar surface area (TPSA) is 63.4 Å². The number of nitro groups is 1. The molecule has 0 fully saturated rings. The van der Waals surface area contributed by atoms with Crippen molar-refractivity contribution in [3.63, 3.8) is 0 Å². The fourth-order valence-corrected chi connectivity index (χ4v) is 1.49. The highest BCUT2D eigenvalue weighted by Crippen LogP contribution is 2.14. The third kappa shape index (κ3) is 9.41. The van der Waals surface area contributed by atoms with Gasteiger partial charge in [0.15, 0.2) is 0 Å². The summed E-state index contributed by atoms with van der Waals surface area (Å²) in [6.07, 6.45) is 3.81. The third-order valence-electron chi connectivity index (χ3n) is 2.25. The van der Waals surface area contributed by atoms with Crippen LogP contribution in [-0.4, -0.2) is 22.7 Å². The van der Waals surface area contributed by atoms with Crippen molar-refractivity contribution in [2.75, 3.05) is 6.54 Å². The van der Waals surface area contributed by atoms with Gasteiger partial charge in [0.25, 0.3) is 0 Å². The van der Waals surface area contributed by atoms with Crippen LogP contribution in [-0.2, 0) is 0 Å². The Balaban J connectivity index is 3.68. The van der Waals surface area contributed by atoms with Gasteiger partial charge in [0.2, 0.25) is 6.54 Å². The second-order valence-electron chi connectivity index (χ2n) is 4.37. The molecule has 2 atom stereocenters. The Morgan fingerprint density at radius 2 is 2.13 bits per heavy atom. The Hall–Kier alpha value is -0.900. The molecule has 0 aromatic carbocycles. The van der Waals surface area contributed by atoms with Gasteiger partial charge in [-0.15, -0.1) is 0 Å². The van der Waals surface area contributed by atoms with Crippen LogP contribution in [0.2, 0.25) is 0 Å². The van der Waals surface area contributed by atoms with Crippen LogP contribution in [0.3, 0.4) is 0 Å². The Morgan fingerprint density at radius 1 is 1.53 bits per heavy atom. The minimum Gasteiger partial charge on any atom is -0.386 e. The van der Waals surface area contributed by atoms with E-state index in [1.165, 1.54) is 5.57 Å². The van der Waals surface area contributed by atoms with E-state index in [0.29, 0.717) is 12.3 Å². The van der Waals surface area contributed by atoms with Crippen molar-refractivity contribution < 1.29 is 10.0 Å². The van der Waals surface area contributed by atoms with Crippen molar-refractivity contribution >= 4 is 0 Å². The minimum atomic E-state index is -0.804. The van der Waals surface area contributed by atoms with Crippen LogP contribution in [0.4, 0.5) is 0 Å². The summed E-state index contributed by atoms with van der Waals surface area (Å²) in [5.74, 6) is 0.329. The Kier molecular flexibility index (Phi) is 6.96. The van der Waals surface area contributed by atoms with E-state index in [9.17, 15) is 15.2 Å². The molecule has 0 spiro atoms. The molecule has 0 aliphatic carbocycles. The number of aliphatic hydroxyl groups excluding tert-OH is 1. The van der Waals surface area contributed by atoms with Crippen molar-refractivity contribution in [3.8, 4) is 0 Å². The van der Waals surface area contributed by atoms with Gasteiger partial charge in [0.1, 0.15) is 6.10 Å². The van der Waals surface area contributed by atoms with E-state index >= 15 is 0 Å². The van der Waals surface area contributed by atoms with Crippen LogP contribution in [0.5, 0.6) is 0 Å². The van der Waals surface area contributed by atoms with Crippen LogP contribution in [0.15, 0.2) is 11.6 Å². The molecule has 0 heterocycles. The summed E-state index contributed by atoms with van der Waals surface area (Å²) in [5.41, 5.74) is 1.29. The number of allylic oxidation sites excluding steroid dienone is 2. The first-order valence-electron chi connectivity index (χ1n) is 5.35. The zero-order valence-electron chi connectivity index (χ0n) is 9.77. The van der Waals surface area contributed by atoms with Gasteiger partial charge < -0.3 is 5.11 Å². The fourth-order valence-electron chi connectivity index (χ4n) is 1.49. The summed E-state index contributed by atoms with van der Waals surface area (Å²) in [4.78, 5) is 9.67. The van der Waals surface area contributed by atoms with Gasteiger partial charge in [-0.05, 0) is 39.0 Å². The number of rotatable bonds is 7. The lowest BCUT2D eigenvalue weighted by Crippen LogP contribution is -2.21. The van der Waals surface area contributed by atoms with Gasteiger partial charge >= 0.3 is 0 Å². The first-order valence-corrected chi connectivity index (χ1v) is 5.35. The van der Waals surface area contributed by atoms with Crippen LogP contribution >= 0.6 is 0 Å². The van der Waals surface area contributed by atoms with E-state index in [1.807, 2.05) is 20.8 Å². The highest BCUT2D eigenvalue weighted by Gasteiger charge is 2.14. The molecule has 0 saturated heterocycles. The highest BCUT2D eigenvalue weighted by molar-refractivity contribution is 4.92. The lowest BCUT2D eigenvalue weighted by molar-refractivity contribution is -0.490. The van der Waals surface area contributed by atoms with Gasteiger partial charge in [-0.2, -0.15) is 0 Å². The van der Waals surface area contributed by atoms with Crippen LogP contribution < -0.4 is 0 Å². The molecule has 4 nitrogen and oxygen atoms in total. The van der Waals surface area contributed by atoms with E-state index in [4.69, 9.17) is 0 Å². The Morgan fingerprint density at radius 3 is 2.60 bits per heavy atom. The van der Waals surface area contributed by atoms with Gasteiger partial charge in [-0.3, -0.25) is 10.1 Å². The molecule has 0 saturated carbocycles. The average molecular weight is 215 g/mol. The maximum absolute atomic E-state index is 10.1. The quantitative estimate of drug-likeness (QED) is 0.403. The molecule has 1 N–H and O–H groups in total. The molecular formula is C11H21NO3. The molecule has 0 aliphatic heterocycles. The fraction of sp³-hybridized carbons (Fsp3) is 0.818. The zero-order valence-corrected chi connectivity index (χ0v) is 9.77. The first kappa shape index (κ1) is 14.1. The smallest absolute Gasteiger partial charge is 0.229 e. The Bertz CT molecular complexity index is 222. The lowest BCUT2D eigenvalue weighted by atomic mass is 9.98. The largest absolute Gasteiger partial charge is 0.386 e. The van der Waals surface area contributed by atoms with Crippen molar-refractivity contribution in [1.82, 2.24) is 0 Å². The monoisotopic (exact) mass is 215 g/mol. The van der Waals surface area contributed by atoms with Gasteiger partial charge in [0, 0.05) is 4.92 Å². The van der Waals surface area contributed by atoms with Gasteiger partial charge in [-0.25, -0.2) is 0 Å². The van der Waals surface area contributed by atoms with E-state index in [0.717, 1.165) is 12.8 Å². The molecule has 0 aromatic rings. The molecule has 0 unspecified atom stereocenters. The molecule has 15 heavy (non-hydrogen) atoms. The lowest BCUT2D eigenvalue weighted by Gasteiger charge is -2.12. The van der Waals surface area contributed by atoms with E-state index in [2.05, 4.69) is 6.08 Å². The maximum atomic E-state index is 10.1. The molecule has 0 radical (unpaired) electrons. The van der Waals surface area contributed by atoms with Crippen molar-refractivity contribution in [3.05, 3.63) is 21.8 Å². The normalized spacial score (nSPS) is 14.4. The van der Waals surface area contributed by atoms with E-state index in [-0.39, 0.29) is 6.54 Å². The van der Waals surface area contributed by atoms with Crippen molar-refractivity contribution in [2.24, 2.45) is 5.92 Å². The van der Waals surface area contributed by atoms with Crippen molar-refractivity contribution in [1.29, 1.82) is 0 Å². The predicted octanol–water partition coefficient (Wildman–Crippen LogP) is 2.40. The number of aliphatic hydroxyl groups is 1. The number of nitrogens with zero attached hydrogens (tertiary/aromatic N) is 1. The van der Waals surface area contributed by atoms with E-state index < -0.39 is 11.0 Å². The van der Waals surface area contributed by atoms with Crippen molar-refractivity contribution in [2.45, 2.75) is 46.1 Å². The second-order valence-corrected chi connectivity index (χ2v) is 4.37. The molecule has 88 valence electrons. The maximum Gasteiger partial charge on any atom is 0.229 e. The standard InChI is InChI=1S/C11H21NO3/c1-9(2)5-4-6-10(3)7-11(13)8-12(14)15/h5,10-11,13H,4,6-8H2,1-3H3/t10-,11+/m1/s1. The summed E-state index contributed by atoms with van der Waals surface area (Å²) in [5, 5.41) is 19.5. The molecule has 0 rings (SSSR count). The van der Waals surface area contributed by atoms with Gasteiger partial charge in [0.05, 0.1) is 0 Å². The minimum absolute atomic E-state index is 0.329. The number of hydrogen-bond acceptors (Lipinski definition) is 3. The Labute approximate surface area is 91.1 Å². The second kappa shape index (κ2) is 7.40. The molecule has 0 amide bonds. The van der Waals surface area contributed by atoms with E-state index in [1.54, 1.807) is 0 Å². The van der Waals surface area contributed by atoms with Crippen LogP contribution in [0.25, 0.3) is 0 Å². The summed E-state index contributed by atoms with van der Waals surface area (Å²) in [6.45, 7) is 5.77. The third-order valence-corrected chi connectivity index (χ3v) is 2.25. The molecular weight excluding hydrogens is 194 g/mol. The summed E-state index contributed by atoms with van der Waals surface area (Å²) >= 11 is 0. The summed E-state index contributed by atoms with van der Waals surface area (Å²) < 4.78 is 0. The molecule has 4 heteroatoms. The van der Waals surface area contributed by atoms with Crippen LogP contribution in [0, 0.1) is 16.0 Å². The highest BCUT2D eigenvalue weighted by atomic mass is 16.6. The molecule has 0 bridgehead atoms. The SMILES string of the molecule is CC(C)=CCC[C@@H](C)C[C@H](O)C[N+](=O)[O-]. The zero-order chi connectivity index (χ0) is 11.8. The average Bonchev–Trinajstić information content (AvgIpc) is 2.00. The predicted molar refractivity (Wildman–Crippen MR) is 60.3 cm³/mol. The molecule has 0 aromatic heterocycles. The first-order chi connectivity index (χ1) is 6.91. The van der Waals surface area contributed by atoms with Gasteiger partial charge in [-0.1, -0.05) is 18.6 Å². The summed E-state index contributed by atoms with van der Waals surface area (Å²) in [7, 11) is 0.